The van der Waals surface area contributed by atoms with E-state index in [1.54, 1.807) is 6.07 Å². The minimum Gasteiger partial charge on any atom is -0.483 e. The molecular weight excluding hydrogens is 266 g/mol. The van der Waals surface area contributed by atoms with Crippen LogP contribution in [-0.2, 0) is 0 Å². The Kier molecular flexibility index (Phi) is 3.72. The molecule has 0 aliphatic heterocycles. The van der Waals surface area contributed by atoms with E-state index in [9.17, 15) is 10.1 Å². The number of nitro benzene ring substituents is 1. The van der Waals surface area contributed by atoms with Crippen molar-refractivity contribution in [2.75, 3.05) is 0 Å². The molecule has 5 heteroatoms. The quantitative estimate of drug-likeness (QED) is 0.475. The molecule has 19 heavy (non-hydrogen) atoms. The molecule has 104 valence electrons. The van der Waals surface area contributed by atoms with Crippen LogP contribution in [0, 0.1) is 22.5 Å². The first-order valence-corrected chi connectivity index (χ1v) is 6.88. The van der Waals surface area contributed by atoms with Crippen LogP contribution in [0.25, 0.3) is 0 Å². The molecule has 3 atom stereocenters. The number of para-hydroxylation sites is 1. The lowest BCUT2D eigenvalue weighted by atomic mass is 9.65. The SMILES string of the molecule is CCC1(C)C(Cl)CC1Oc1c(C)cccc1[N+](=O)[O-]. The van der Waals surface area contributed by atoms with Crippen LogP contribution < -0.4 is 4.74 Å². The number of nitrogens with zero attached hydrogens (tertiary/aromatic N) is 1. The number of benzene rings is 1. The summed E-state index contributed by atoms with van der Waals surface area (Å²) < 4.78 is 5.92. The van der Waals surface area contributed by atoms with Gasteiger partial charge in [0.25, 0.3) is 0 Å². The van der Waals surface area contributed by atoms with E-state index in [1.807, 2.05) is 13.0 Å². The fourth-order valence-electron chi connectivity index (χ4n) is 2.48. The van der Waals surface area contributed by atoms with Gasteiger partial charge in [-0.1, -0.05) is 26.0 Å². The third-order valence-electron chi connectivity index (χ3n) is 4.28. The molecule has 0 saturated heterocycles. The monoisotopic (exact) mass is 283 g/mol. The molecule has 2 rings (SSSR count). The molecular formula is C14H18ClNO3. The van der Waals surface area contributed by atoms with E-state index in [4.69, 9.17) is 16.3 Å². The number of rotatable bonds is 4. The topological polar surface area (TPSA) is 52.4 Å². The third kappa shape index (κ3) is 2.29. The molecule has 1 aliphatic rings. The van der Waals surface area contributed by atoms with Gasteiger partial charge >= 0.3 is 5.69 Å². The maximum absolute atomic E-state index is 11.1. The average Bonchev–Trinajstić information content (AvgIpc) is 2.38. The van der Waals surface area contributed by atoms with Gasteiger partial charge in [0.15, 0.2) is 5.75 Å². The van der Waals surface area contributed by atoms with E-state index in [0.717, 1.165) is 18.4 Å². The Labute approximate surface area is 117 Å². The smallest absolute Gasteiger partial charge is 0.311 e. The number of aryl methyl sites for hydroxylation is 1. The van der Waals surface area contributed by atoms with Gasteiger partial charge in [0.1, 0.15) is 6.10 Å². The summed E-state index contributed by atoms with van der Waals surface area (Å²) >= 11 is 6.25. The Balaban J connectivity index is 2.28. The molecule has 0 amide bonds. The van der Waals surface area contributed by atoms with Crippen LogP contribution in [0.3, 0.4) is 0 Å². The lowest BCUT2D eigenvalue weighted by Crippen LogP contribution is -2.55. The molecule has 0 N–H and O–H groups in total. The second-order valence-corrected chi connectivity index (χ2v) is 5.88. The molecule has 1 saturated carbocycles. The molecule has 1 fully saturated rings. The largest absolute Gasteiger partial charge is 0.483 e. The van der Waals surface area contributed by atoms with Gasteiger partial charge in [-0.05, 0) is 18.9 Å². The van der Waals surface area contributed by atoms with Crippen molar-refractivity contribution in [2.45, 2.75) is 45.1 Å². The summed E-state index contributed by atoms with van der Waals surface area (Å²) in [5.74, 6) is 0.376. The van der Waals surface area contributed by atoms with Crippen LogP contribution in [0.15, 0.2) is 18.2 Å². The lowest BCUT2D eigenvalue weighted by molar-refractivity contribution is -0.386. The summed E-state index contributed by atoms with van der Waals surface area (Å²) in [4.78, 5) is 10.7. The maximum Gasteiger partial charge on any atom is 0.311 e. The van der Waals surface area contributed by atoms with Gasteiger partial charge < -0.3 is 4.74 Å². The Hall–Kier alpha value is -1.29. The zero-order valence-electron chi connectivity index (χ0n) is 11.4. The molecule has 0 heterocycles. The first-order chi connectivity index (χ1) is 8.90. The zero-order chi connectivity index (χ0) is 14.2. The number of hydrogen-bond acceptors (Lipinski definition) is 3. The minimum atomic E-state index is -0.400. The number of hydrogen-bond donors (Lipinski definition) is 0. The Morgan fingerprint density at radius 2 is 2.26 bits per heavy atom. The predicted octanol–water partition coefficient (Wildman–Crippen LogP) is 4.08. The van der Waals surface area contributed by atoms with E-state index in [0.29, 0.717) is 5.75 Å². The van der Waals surface area contributed by atoms with Crippen LogP contribution in [0.5, 0.6) is 5.75 Å². The predicted molar refractivity (Wildman–Crippen MR) is 74.9 cm³/mol. The molecule has 1 aliphatic carbocycles. The fraction of sp³-hybridized carbons (Fsp3) is 0.571. The van der Waals surface area contributed by atoms with Gasteiger partial charge in [0.05, 0.1) is 4.92 Å². The molecule has 1 aromatic rings. The summed E-state index contributed by atoms with van der Waals surface area (Å²) in [7, 11) is 0. The van der Waals surface area contributed by atoms with Gasteiger partial charge in [-0.3, -0.25) is 10.1 Å². The summed E-state index contributed by atoms with van der Waals surface area (Å²) in [5, 5.41) is 11.1. The maximum atomic E-state index is 11.1. The van der Waals surface area contributed by atoms with Gasteiger partial charge in [-0.25, -0.2) is 0 Å². The normalized spacial score (nSPS) is 29.7. The molecule has 0 spiro atoms. The molecule has 0 radical (unpaired) electrons. The first kappa shape index (κ1) is 14.1. The van der Waals surface area contributed by atoms with Crippen molar-refractivity contribution in [3.8, 4) is 5.75 Å². The average molecular weight is 284 g/mol. The fourth-order valence-corrected chi connectivity index (χ4v) is 2.93. The van der Waals surface area contributed by atoms with Gasteiger partial charge in [-0.15, -0.1) is 11.6 Å². The van der Waals surface area contributed by atoms with Crippen molar-refractivity contribution >= 4 is 17.3 Å². The van der Waals surface area contributed by atoms with E-state index < -0.39 is 4.92 Å². The Morgan fingerprint density at radius 3 is 2.79 bits per heavy atom. The summed E-state index contributed by atoms with van der Waals surface area (Å²) in [6, 6.07) is 4.97. The molecule has 3 unspecified atom stereocenters. The Morgan fingerprint density at radius 1 is 1.58 bits per heavy atom. The zero-order valence-corrected chi connectivity index (χ0v) is 12.1. The highest BCUT2D eigenvalue weighted by molar-refractivity contribution is 6.21. The van der Waals surface area contributed by atoms with Crippen molar-refractivity contribution in [2.24, 2.45) is 5.41 Å². The van der Waals surface area contributed by atoms with Gasteiger partial charge in [-0.2, -0.15) is 0 Å². The molecule has 1 aromatic carbocycles. The molecule has 0 aromatic heterocycles. The second kappa shape index (κ2) is 5.00. The summed E-state index contributed by atoms with van der Waals surface area (Å²) in [5.41, 5.74) is 0.694. The second-order valence-electron chi connectivity index (χ2n) is 5.35. The van der Waals surface area contributed by atoms with E-state index in [1.165, 1.54) is 6.07 Å². The van der Waals surface area contributed by atoms with Crippen molar-refractivity contribution in [3.63, 3.8) is 0 Å². The van der Waals surface area contributed by atoms with E-state index >= 15 is 0 Å². The number of halogens is 1. The van der Waals surface area contributed by atoms with Crippen molar-refractivity contribution < 1.29 is 9.66 Å². The van der Waals surface area contributed by atoms with Crippen LogP contribution in [0.1, 0.15) is 32.3 Å². The number of nitro groups is 1. The van der Waals surface area contributed by atoms with Gasteiger partial charge in [0.2, 0.25) is 0 Å². The summed E-state index contributed by atoms with van der Waals surface area (Å²) in [6.45, 7) is 5.96. The highest BCUT2D eigenvalue weighted by Gasteiger charge is 2.51. The standard InChI is InChI=1S/C14H18ClNO3/c1-4-14(3)11(15)8-12(14)19-13-9(2)6-5-7-10(13)16(17)18/h5-7,11-12H,4,8H2,1-3H3. The lowest BCUT2D eigenvalue weighted by Gasteiger charge is -2.50. The summed E-state index contributed by atoms with van der Waals surface area (Å²) in [6.07, 6.45) is 1.57. The first-order valence-electron chi connectivity index (χ1n) is 6.45. The van der Waals surface area contributed by atoms with Crippen LogP contribution in [-0.4, -0.2) is 16.4 Å². The van der Waals surface area contributed by atoms with Crippen molar-refractivity contribution in [3.05, 3.63) is 33.9 Å². The van der Waals surface area contributed by atoms with Crippen LogP contribution in [0.2, 0.25) is 0 Å². The van der Waals surface area contributed by atoms with Crippen LogP contribution in [0.4, 0.5) is 5.69 Å². The van der Waals surface area contributed by atoms with Crippen molar-refractivity contribution in [1.82, 2.24) is 0 Å². The van der Waals surface area contributed by atoms with Crippen molar-refractivity contribution in [1.29, 1.82) is 0 Å². The molecule has 4 nitrogen and oxygen atoms in total. The minimum absolute atomic E-state index is 0.0245. The van der Waals surface area contributed by atoms with E-state index in [-0.39, 0.29) is 22.6 Å². The highest BCUT2D eigenvalue weighted by Crippen LogP contribution is 2.50. The molecule has 0 bridgehead atoms. The van der Waals surface area contributed by atoms with Crippen LogP contribution >= 0.6 is 11.6 Å². The van der Waals surface area contributed by atoms with Gasteiger partial charge in [0, 0.05) is 23.3 Å². The number of alkyl halides is 1. The highest BCUT2D eigenvalue weighted by atomic mass is 35.5. The van der Waals surface area contributed by atoms with E-state index in [2.05, 4.69) is 13.8 Å². The Bertz CT molecular complexity index is 505. The number of ether oxygens (including phenoxy) is 1. The third-order valence-corrected chi connectivity index (χ3v) is 4.96.